The average Bonchev–Trinajstić information content (AvgIpc) is 2.35. The molecule has 3 nitrogen and oxygen atoms in total. The molecule has 1 aromatic carbocycles. The third-order valence-electron chi connectivity index (χ3n) is 2.97. The lowest BCUT2D eigenvalue weighted by Gasteiger charge is -2.18. The van der Waals surface area contributed by atoms with Crippen LogP contribution in [0.25, 0.3) is 0 Å². The predicted molar refractivity (Wildman–Crippen MR) is 74.1 cm³/mol. The molecule has 0 aromatic heterocycles. The zero-order valence-corrected chi connectivity index (χ0v) is 11.7. The Balaban J connectivity index is 2.31. The van der Waals surface area contributed by atoms with Gasteiger partial charge in [0.1, 0.15) is 4.75 Å². The Hall–Kier alpha value is -1.16. The molecule has 100 valence electrons. The number of aryl methyl sites for hydroxylation is 1. The van der Waals surface area contributed by atoms with Gasteiger partial charge in [0.25, 0.3) is 0 Å². The monoisotopic (exact) mass is 268 g/mol. The van der Waals surface area contributed by atoms with Crippen molar-refractivity contribution in [3.8, 4) is 0 Å². The number of carbonyl (C=O) groups is 1. The second-order valence-corrected chi connectivity index (χ2v) is 6.93. The van der Waals surface area contributed by atoms with E-state index < -0.39 is 21.5 Å². The van der Waals surface area contributed by atoms with Crippen molar-refractivity contribution in [2.75, 3.05) is 5.75 Å². The van der Waals surface area contributed by atoms with Crippen LogP contribution in [0.5, 0.6) is 0 Å². The quantitative estimate of drug-likeness (QED) is 0.773. The highest BCUT2D eigenvalue weighted by molar-refractivity contribution is 7.87. The zero-order chi connectivity index (χ0) is 13.6. The molecule has 18 heavy (non-hydrogen) atoms. The lowest BCUT2D eigenvalue weighted by molar-refractivity contribution is -0.139. The van der Waals surface area contributed by atoms with E-state index >= 15 is 0 Å². The van der Waals surface area contributed by atoms with Crippen LogP contribution in [-0.2, 0) is 22.0 Å². The van der Waals surface area contributed by atoms with E-state index in [1.54, 1.807) is 0 Å². The van der Waals surface area contributed by atoms with Crippen molar-refractivity contribution in [3.05, 3.63) is 35.9 Å². The van der Waals surface area contributed by atoms with Crippen molar-refractivity contribution < 1.29 is 14.1 Å². The van der Waals surface area contributed by atoms with E-state index in [9.17, 15) is 9.00 Å². The summed E-state index contributed by atoms with van der Waals surface area (Å²) in [7, 11) is -1.32. The minimum atomic E-state index is -1.32. The summed E-state index contributed by atoms with van der Waals surface area (Å²) in [5.74, 6) is -0.546. The molecule has 1 unspecified atom stereocenters. The number of rotatable bonds is 7. The minimum Gasteiger partial charge on any atom is -0.480 e. The molecule has 0 amide bonds. The number of hydrogen-bond donors (Lipinski definition) is 1. The van der Waals surface area contributed by atoms with Crippen molar-refractivity contribution in [1.82, 2.24) is 0 Å². The fourth-order valence-corrected chi connectivity index (χ4v) is 2.73. The summed E-state index contributed by atoms with van der Waals surface area (Å²) in [6, 6.07) is 10.1. The molecule has 1 rings (SSSR count). The zero-order valence-electron chi connectivity index (χ0n) is 10.9. The van der Waals surface area contributed by atoms with Gasteiger partial charge < -0.3 is 5.11 Å². The molecule has 1 atom stereocenters. The van der Waals surface area contributed by atoms with Gasteiger partial charge in [0.15, 0.2) is 0 Å². The summed E-state index contributed by atoms with van der Waals surface area (Å²) in [6.07, 6.45) is 2.68. The SMILES string of the molecule is CC(C)(C(=O)O)S(=O)CCCCc1ccccc1. The summed E-state index contributed by atoms with van der Waals surface area (Å²) in [5, 5.41) is 8.95. The van der Waals surface area contributed by atoms with Gasteiger partial charge >= 0.3 is 5.97 Å². The minimum absolute atomic E-state index is 0.451. The van der Waals surface area contributed by atoms with Gasteiger partial charge in [-0.15, -0.1) is 0 Å². The Kier molecular flexibility index (Phi) is 5.54. The van der Waals surface area contributed by atoms with E-state index in [1.807, 2.05) is 18.2 Å². The lowest BCUT2D eigenvalue weighted by Crippen LogP contribution is -2.37. The standard InChI is InChI=1S/C14H20O3S/c1-14(2,13(15)16)18(17)11-7-6-10-12-8-4-3-5-9-12/h3-5,8-9H,6-7,10-11H2,1-2H3,(H,15,16). The maximum Gasteiger partial charge on any atom is 0.321 e. The molecule has 1 aromatic rings. The number of unbranched alkanes of at least 4 members (excludes halogenated alkanes) is 1. The maximum absolute atomic E-state index is 11.8. The van der Waals surface area contributed by atoms with Crippen molar-refractivity contribution in [2.45, 2.75) is 37.9 Å². The molecule has 1 N–H and O–H groups in total. The van der Waals surface area contributed by atoms with Crippen LogP contribution in [0.15, 0.2) is 30.3 Å². The fourth-order valence-electron chi connectivity index (χ4n) is 1.56. The number of aliphatic carboxylic acids is 1. The fraction of sp³-hybridized carbons (Fsp3) is 0.500. The van der Waals surface area contributed by atoms with Crippen molar-refractivity contribution in [2.24, 2.45) is 0 Å². The molecule has 0 radical (unpaired) electrons. The molecule has 4 heteroatoms. The largest absolute Gasteiger partial charge is 0.480 e. The number of carboxylic acids is 1. The molecule has 0 saturated heterocycles. The second kappa shape index (κ2) is 6.69. The molecule has 0 fully saturated rings. The van der Waals surface area contributed by atoms with Crippen LogP contribution in [0, 0.1) is 0 Å². The molecule has 0 aliphatic carbocycles. The molecule has 0 heterocycles. The Labute approximate surface area is 111 Å². The van der Waals surface area contributed by atoms with Gasteiger partial charge in [-0.05, 0) is 38.7 Å². The summed E-state index contributed by atoms with van der Waals surface area (Å²) in [6.45, 7) is 3.03. The smallest absolute Gasteiger partial charge is 0.321 e. The molecule has 0 spiro atoms. The van der Waals surface area contributed by atoms with E-state index in [1.165, 1.54) is 19.4 Å². The highest BCUT2D eigenvalue weighted by Gasteiger charge is 2.33. The van der Waals surface area contributed by atoms with Gasteiger partial charge in [0.05, 0.1) is 0 Å². The first kappa shape index (κ1) is 14.9. The highest BCUT2D eigenvalue weighted by atomic mass is 32.2. The molecular formula is C14H20O3S. The van der Waals surface area contributed by atoms with Gasteiger partial charge in [-0.1, -0.05) is 30.3 Å². The van der Waals surface area contributed by atoms with Crippen molar-refractivity contribution in [3.63, 3.8) is 0 Å². The van der Waals surface area contributed by atoms with E-state index in [2.05, 4.69) is 12.1 Å². The summed E-state index contributed by atoms with van der Waals surface area (Å²) < 4.78 is 10.7. The molecular weight excluding hydrogens is 248 g/mol. The maximum atomic E-state index is 11.8. The van der Waals surface area contributed by atoms with E-state index in [-0.39, 0.29) is 0 Å². The third-order valence-corrected chi connectivity index (χ3v) is 4.94. The number of benzene rings is 1. The molecule has 0 bridgehead atoms. The van der Waals surface area contributed by atoms with Gasteiger partial charge in [0.2, 0.25) is 0 Å². The topological polar surface area (TPSA) is 54.4 Å². The normalized spacial score (nSPS) is 13.2. The summed E-state index contributed by atoms with van der Waals surface area (Å²) >= 11 is 0. The van der Waals surface area contributed by atoms with Crippen molar-refractivity contribution in [1.29, 1.82) is 0 Å². The van der Waals surface area contributed by atoms with Crippen molar-refractivity contribution >= 4 is 16.8 Å². The number of hydrogen-bond acceptors (Lipinski definition) is 2. The first-order valence-electron chi connectivity index (χ1n) is 6.10. The average molecular weight is 268 g/mol. The Morgan fingerprint density at radius 2 is 1.83 bits per heavy atom. The lowest BCUT2D eigenvalue weighted by atomic mass is 10.1. The molecule has 0 aliphatic heterocycles. The van der Waals surface area contributed by atoms with Gasteiger partial charge in [-0.2, -0.15) is 0 Å². The Bertz CT molecular complexity index is 412. The van der Waals surface area contributed by atoms with Crippen LogP contribution < -0.4 is 0 Å². The molecule has 0 aliphatic rings. The third kappa shape index (κ3) is 4.26. The van der Waals surface area contributed by atoms with E-state index in [0.717, 1.165) is 19.3 Å². The van der Waals surface area contributed by atoms with Crippen LogP contribution in [0.4, 0.5) is 0 Å². The summed E-state index contributed by atoms with van der Waals surface area (Å²) in [5.41, 5.74) is 1.26. The highest BCUT2D eigenvalue weighted by Crippen LogP contribution is 2.15. The summed E-state index contributed by atoms with van der Waals surface area (Å²) in [4.78, 5) is 10.9. The first-order chi connectivity index (χ1) is 8.44. The van der Waals surface area contributed by atoms with Crippen LogP contribution in [-0.4, -0.2) is 25.8 Å². The van der Waals surface area contributed by atoms with Crippen LogP contribution in [0.2, 0.25) is 0 Å². The van der Waals surface area contributed by atoms with Gasteiger partial charge in [-0.3, -0.25) is 9.00 Å². The first-order valence-corrected chi connectivity index (χ1v) is 7.42. The molecule has 0 saturated carbocycles. The Morgan fingerprint density at radius 3 is 2.39 bits per heavy atom. The predicted octanol–water partition coefficient (Wildman–Crippen LogP) is 2.62. The van der Waals surface area contributed by atoms with E-state index in [4.69, 9.17) is 5.11 Å². The van der Waals surface area contributed by atoms with Crippen LogP contribution in [0.1, 0.15) is 32.3 Å². The Morgan fingerprint density at radius 1 is 1.22 bits per heavy atom. The van der Waals surface area contributed by atoms with Gasteiger partial charge in [-0.25, -0.2) is 0 Å². The van der Waals surface area contributed by atoms with Crippen LogP contribution in [0.3, 0.4) is 0 Å². The second-order valence-electron chi connectivity index (χ2n) is 4.81. The van der Waals surface area contributed by atoms with Crippen LogP contribution >= 0.6 is 0 Å². The van der Waals surface area contributed by atoms with E-state index in [0.29, 0.717) is 5.75 Å². The van der Waals surface area contributed by atoms with Gasteiger partial charge in [0, 0.05) is 16.6 Å². The number of carboxylic acid groups (broad SMARTS) is 1.